The molecule has 0 heterocycles. The molecule has 0 aromatic heterocycles. The fourth-order valence-corrected chi connectivity index (χ4v) is 0.419. The maximum atomic E-state index is 10.8. The Kier molecular flexibility index (Phi) is 3.69. The zero-order valence-corrected chi connectivity index (χ0v) is 6.35. The third kappa shape index (κ3) is 3.50. The Morgan fingerprint density at radius 3 is 2.00 bits per heavy atom. The molecule has 0 aliphatic rings. The van der Waals surface area contributed by atoms with Gasteiger partial charge in [0.1, 0.15) is 5.92 Å². The molecule has 12 heavy (non-hydrogen) atoms. The number of allylic oxidation sites excluding steroid dienone is 1. The van der Waals surface area contributed by atoms with Crippen LogP contribution in [0.4, 0.5) is 0 Å². The van der Waals surface area contributed by atoms with E-state index in [1.165, 1.54) is 6.92 Å². The van der Waals surface area contributed by atoms with Gasteiger partial charge in [0, 0.05) is 6.08 Å². The zero-order valence-electron chi connectivity index (χ0n) is 6.35. The lowest BCUT2D eigenvalue weighted by Crippen LogP contribution is -2.18. The number of carboxylic acids is 2. The van der Waals surface area contributed by atoms with Gasteiger partial charge >= 0.3 is 11.9 Å². The molecule has 1 unspecified atom stereocenters. The Balaban J connectivity index is 4.22. The van der Waals surface area contributed by atoms with E-state index in [0.29, 0.717) is 6.08 Å². The molecule has 0 radical (unpaired) electrons. The van der Waals surface area contributed by atoms with E-state index < -0.39 is 23.6 Å². The van der Waals surface area contributed by atoms with Crippen LogP contribution in [0, 0.1) is 5.92 Å². The van der Waals surface area contributed by atoms with E-state index in [2.05, 4.69) is 0 Å². The van der Waals surface area contributed by atoms with E-state index in [1.807, 2.05) is 0 Å². The van der Waals surface area contributed by atoms with Crippen LogP contribution in [0.15, 0.2) is 12.2 Å². The van der Waals surface area contributed by atoms with Crippen molar-refractivity contribution in [3.05, 3.63) is 12.2 Å². The number of carboxylic acid groups (broad SMARTS) is 2. The molecule has 5 heteroatoms. The van der Waals surface area contributed by atoms with Crippen LogP contribution in [0.3, 0.4) is 0 Å². The van der Waals surface area contributed by atoms with Gasteiger partial charge in [0.2, 0.25) is 0 Å². The molecule has 0 aromatic carbocycles. The molecular weight excluding hydrogens is 164 g/mol. The highest BCUT2D eigenvalue weighted by Crippen LogP contribution is 1.97. The number of aliphatic carboxylic acids is 2. The fourth-order valence-electron chi connectivity index (χ4n) is 0.419. The quantitative estimate of drug-likeness (QED) is 0.457. The first-order valence-electron chi connectivity index (χ1n) is 3.12. The Morgan fingerprint density at radius 1 is 1.17 bits per heavy atom. The van der Waals surface area contributed by atoms with Crippen molar-refractivity contribution in [2.75, 3.05) is 0 Å². The molecule has 1 atom stereocenters. The zero-order chi connectivity index (χ0) is 9.72. The SMILES string of the molecule is CC(C(=O)O)C(=O)/C=C\C(=O)O. The first-order chi connectivity index (χ1) is 5.45. The Morgan fingerprint density at radius 2 is 1.67 bits per heavy atom. The summed E-state index contributed by atoms with van der Waals surface area (Å²) in [6, 6.07) is 0. The van der Waals surface area contributed by atoms with Gasteiger partial charge in [0.05, 0.1) is 0 Å². The number of hydrogen-bond donors (Lipinski definition) is 2. The second-order valence-corrected chi connectivity index (χ2v) is 2.13. The van der Waals surface area contributed by atoms with Crippen molar-refractivity contribution >= 4 is 17.7 Å². The summed E-state index contributed by atoms with van der Waals surface area (Å²) >= 11 is 0. The fraction of sp³-hybridized carbons (Fsp3) is 0.286. The van der Waals surface area contributed by atoms with Gasteiger partial charge in [-0.3, -0.25) is 9.59 Å². The van der Waals surface area contributed by atoms with E-state index in [1.54, 1.807) is 0 Å². The highest BCUT2D eigenvalue weighted by atomic mass is 16.4. The van der Waals surface area contributed by atoms with Gasteiger partial charge in [-0.1, -0.05) is 0 Å². The van der Waals surface area contributed by atoms with Crippen LogP contribution < -0.4 is 0 Å². The van der Waals surface area contributed by atoms with E-state index in [4.69, 9.17) is 10.2 Å². The highest BCUT2D eigenvalue weighted by molar-refractivity contribution is 6.05. The average Bonchev–Trinajstić information content (AvgIpc) is 1.98. The van der Waals surface area contributed by atoms with Crippen molar-refractivity contribution < 1.29 is 24.6 Å². The van der Waals surface area contributed by atoms with Gasteiger partial charge < -0.3 is 10.2 Å². The lowest BCUT2D eigenvalue weighted by molar-refractivity contribution is -0.144. The van der Waals surface area contributed by atoms with Gasteiger partial charge in [-0.05, 0) is 13.0 Å². The van der Waals surface area contributed by atoms with Crippen molar-refractivity contribution in [1.29, 1.82) is 0 Å². The Bertz CT molecular complexity index is 240. The van der Waals surface area contributed by atoms with Gasteiger partial charge in [0.15, 0.2) is 5.78 Å². The molecule has 0 bridgehead atoms. The van der Waals surface area contributed by atoms with E-state index >= 15 is 0 Å². The molecule has 0 amide bonds. The third-order valence-corrected chi connectivity index (χ3v) is 1.19. The van der Waals surface area contributed by atoms with Crippen LogP contribution in [0.25, 0.3) is 0 Å². The van der Waals surface area contributed by atoms with Crippen LogP contribution in [0.2, 0.25) is 0 Å². The summed E-state index contributed by atoms with van der Waals surface area (Å²) in [5.74, 6) is -4.47. The molecule has 0 saturated carbocycles. The molecule has 5 nitrogen and oxygen atoms in total. The van der Waals surface area contributed by atoms with Crippen LogP contribution in [0.1, 0.15) is 6.92 Å². The molecule has 0 fully saturated rings. The summed E-state index contributed by atoms with van der Waals surface area (Å²) in [5, 5.41) is 16.4. The minimum absolute atomic E-state index is 0.613. The van der Waals surface area contributed by atoms with Crippen molar-refractivity contribution in [3.8, 4) is 0 Å². The predicted octanol–water partition coefficient (Wildman–Crippen LogP) is -0.0830. The lowest BCUT2D eigenvalue weighted by Gasteiger charge is -1.98. The molecule has 0 saturated heterocycles. The number of ketones is 1. The third-order valence-electron chi connectivity index (χ3n) is 1.19. The van der Waals surface area contributed by atoms with Crippen molar-refractivity contribution in [3.63, 3.8) is 0 Å². The Labute approximate surface area is 68.3 Å². The Hall–Kier alpha value is -1.65. The van der Waals surface area contributed by atoms with Crippen LogP contribution in [0.5, 0.6) is 0 Å². The molecule has 66 valence electrons. The molecule has 0 aliphatic heterocycles. The molecule has 0 spiro atoms. The molecule has 0 rings (SSSR count). The standard InChI is InChI=1S/C7H8O5/c1-4(7(11)12)5(8)2-3-6(9)10/h2-4H,1H3,(H,9,10)(H,11,12)/b3-2-. The predicted molar refractivity (Wildman–Crippen MR) is 38.6 cm³/mol. The molecular formula is C7H8O5. The topological polar surface area (TPSA) is 91.7 Å². The van der Waals surface area contributed by atoms with Gasteiger partial charge in [-0.2, -0.15) is 0 Å². The summed E-state index contributed by atoms with van der Waals surface area (Å²) in [6.07, 6.45) is 1.35. The number of carbonyl (C=O) groups is 3. The second-order valence-electron chi connectivity index (χ2n) is 2.13. The van der Waals surface area contributed by atoms with Crippen molar-refractivity contribution in [2.45, 2.75) is 6.92 Å². The van der Waals surface area contributed by atoms with E-state index in [-0.39, 0.29) is 0 Å². The normalized spacial score (nSPS) is 12.8. The van der Waals surface area contributed by atoms with Crippen LogP contribution in [-0.4, -0.2) is 27.9 Å². The summed E-state index contributed by atoms with van der Waals surface area (Å²) in [6.45, 7) is 1.19. The lowest BCUT2D eigenvalue weighted by atomic mass is 10.1. The van der Waals surface area contributed by atoms with Gasteiger partial charge in [-0.25, -0.2) is 4.79 Å². The maximum absolute atomic E-state index is 10.8. The highest BCUT2D eigenvalue weighted by Gasteiger charge is 2.17. The average molecular weight is 172 g/mol. The van der Waals surface area contributed by atoms with Crippen molar-refractivity contribution in [1.82, 2.24) is 0 Å². The van der Waals surface area contributed by atoms with Gasteiger partial charge in [0.25, 0.3) is 0 Å². The maximum Gasteiger partial charge on any atom is 0.328 e. The molecule has 2 N–H and O–H groups in total. The van der Waals surface area contributed by atoms with Crippen LogP contribution >= 0.6 is 0 Å². The van der Waals surface area contributed by atoms with Crippen LogP contribution in [-0.2, 0) is 14.4 Å². The smallest absolute Gasteiger partial charge is 0.328 e. The first kappa shape index (κ1) is 10.3. The van der Waals surface area contributed by atoms with Gasteiger partial charge in [-0.15, -0.1) is 0 Å². The minimum atomic E-state index is -1.28. The minimum Gasteiger partial charge on any atom is -0.481 e. The monoisotopic (exact) mass is 172 g/mol. The summed E-state index contributed by atoms with van der Waals surface area (Å²) in [4.78, 5) is 30.9. The molecule has 0 aliphatic carbocycles. The largest absolute Gasteiger partial charge is 0.481 e. The number of carbonyl (C=O) groups excluding carboxylic acids is 1. The molecule has 0 aromatic rings. The van der Waals surface area contributed by atoms with Crippen molar-refractivity contribution in [2.24, 2.45) is 5.92 Å². The number of rotatable bonds is 4. The van der Waals surface area contributed by atoms with E-state index in [0.717, 1.165) is 6.08 Å². The summed E-state index contributed by atoms with van der Waals surface area (Å²) < 4.78 is 0. The van der Waals surface area contributed by atoms with E-state index in [9.17, 15) is 14.4 Å². The summed E-state index contributed by atoms with van der Waals surface area (Å²) in [7, 11) is 0. The number of hydrogen-bond acceptors (Lipinski definition) is 3. The second kappa shape index (κ2) is 4.27. The first-order valence-corrected chi connectivity index (χ1v) is 3.12. The summed E-state index contributed by atoms with van der Waals surface area (Å²) in [5.41, 5.74) is 0.